The van der Waals surface area contributed by atoms with E-state index in [9.17, 15) is 0 Å². The number of hydrogen-bond acceptors (Lipinski definition) is 2. The van der Waals surface area contributed by atoms with Crippen LogP contribution in [0.1, 0.15) is 19.8 Å². The van der Waals surface area contributed by atoms with E-state index in [1.165, 1.54) is 32.5 Å². The molecule has 1 atom stereocenters. The van der Waals surface area contributed by atoms with E-state index in [0.717, 1.165) is 0 Å². The van der Waals surface area contributed by atoms with E-state index in [2.05, 4.69) is 31.2 Å². The molecule has 0 amide bonds. The summed E-state index contributed by atoms with van der Waals surface area (Å²) in [5.41, 5.74) is 0.516. The van der Waals surface area contributed by atoms with Gasteiger partial charge in [-0.2, -0.15) is 0 Å². The lowest BCUT2D eigenvalue weighted by Crippen LogP contribution is -2.43. The van der Waals surface area contributed by atoms with E-state index in [-0.39, 0.29) is 24.8 Å². The van der Waals surface area contributed by atoms with E-state index < -0.39 is 0 Å². The van der Waals surface area contributed by atoms with Gasteiger partial charge >= 0.3 is 0 Å². The molecular weight excluding hydrogens is 207 g/mol. The van der Waals surface area contributed by atoms with Gasteiger partial charge in [-0.25, -0.2) is 0 Å². The van der Waals surface area contributed by atoms with Crippen LogP contribution in [-0.2, 0) is 0 Å². The monoisotopic (exact) mass is 228 g/mol. The number of nitrogens with zero attached hydrogens (tertiary/aromatic N) is 1. The summed E-state index contributed by atoms with van der Waals surface area (Å²) in [6, 6.07) is 0. The van der Waals surface area contributed by atoms with Gasteiger partial charge in [-0.15, -0.1) is 24.8 Å². The number of rotatable bonds is 2. The van der Waals surface area contributed by atoms with Crippen molar-refractivity contribution in [1.29, 1.82) is 0 Å². The van der Waals surface area contributed by atoms with Crippen molar-refractivity contribution in [2.75, 3.05) is 33.7 Å². The van der Waals surface area contributed by atoms with E-state index >= 15 is 0 Å². The first kappa shape index (κ1) is 15.9. The second kappa shape index (κ2) is 6.88. The minimum atomic E-state index is 0. The fourth-order valence-corrected chi connectivity index (χ4v) is 2.02. The summed E-state index contributed by atoms with van der Waals surface area (Å²) in [7, 11) is 4.31. The highest BCUT2D eigenvalue weighted by Crippen LogP contribution is 2.25. The Hall–Kier alpha value is 0.500. The first-order valence-corrected chi connectivity index (χ1v) is 4.48. The first-order chi connectivity index (χ1) is 5.12. The second-order valence-electron chi connectivity index (χ2n) is 4.33. The molecule has 0 aromatic carbocycles. The molecule has 0 saturated carbocycles. The molecule has 2 nitrogen and oxygen atoms in total. The normalized spacial score (nSPS) is 27.7. The maximum absolute atomic E-state index is 3.45. The van der Waals surface area contributed by atoms with Gasteiger partial charge in [0, 0.05) is 13.1 Å². The molecule has 13 heavy (non-hydrogen) atoms. The average molecular weight is 229 g/mol. The smallest absolute Gasteiger partial charge is 0.00414 e. The lowest BCUT2D eigenvalue weighted by atomic mass is 9.82. The van der Waals surface area contributed by atoms with Crippen LogP contribution in [0.4, 0.5) is 0 Å². The van der Waals surface area contributed by atoms with Crippen molar-refractivity contribution in [3.63, 3.8) is 0 Å². The highest BCUT2D eigenvalue weighted by atomic mass is 35.5. The van der Waals surface area contributed by atoms with Crippen LogP contribution in [-0.4, -0.2) is 38.6 Å². The maximum Gasteiger partial charge on any atom is 0.00414 e. The predicted octanol–water partition coefficient (Wildman–Crippen LogP) is 1.78. The van der Waals surface area contributed by atoms with Crippen LogP contribution in [0.3, 0.4) is 0 Å². The van der Waals surface area contributed by atoms with Gasteiger partial charge in [0.1, 0.15) is 0 Å². The Balaban J connectivity index is 0. The molecule has 0 bridgehead atoms. The van der Waals surface area contributed by atoms with Gasteiger partial charge in [0.25, 0.3) is 0 Å². The summed E-state index contributed by atoms with van der Waals surface area (Å²) >= 11 is 0. The Kier molecular flexibility index (Phi) is 8.44. The summed E-state index contributed by atoms with van der Waals surface area (Å²) in [5.74, 6) is 0. The van der Waals surface area contributed by atoms with Crippen LogP contribution >= 0.6 is 24.8 Å². The number of hydrogen-bond donors (Lipinski definition) is 1. The Morgan fingerprint density at radius 3 is 2.31 bits per heavy atom. The molecule has 1 fully saturated rings. The van der Waals surface area contributed by atoms with Crippen molar-refractivity contribution in [2.24, 2.45) is 5.41 Å². The minimum absolute atomic E-state index is 0. The Morgan fingerprint density at radius 1 is 1.31 bits per heavy atom. The molecule has 0 aromatic heterocycles. The third kappa shape index (κ3) is 5.74. The molecule has 0 spiro atoms. The lowest BCUT2D eigenvalue weighted by molar-refractivity contribution is 0.170. The van der Waals surface area contributed by atoms with E-state index in [1.54, 1.807) is 0 Å². The summed E-state index contributed by atoms with van der Waals surface area (Å²) in [6.07, 6.45) is 2.71. The number of halogens is 2. The van der Waals surface area contributed by atoms with Gasteiger partial charge in [-0.1, -0.05) is 6.92 Å². The van der Waals surface area contributed by atoms with Crippen LogP contribution in [0, 0.1) is 5.41 Å². The van der Waals surface area contributed by atoms with Crippen LogP contribution in [0.2, 0.25) is 0 Å². The van der Waals surface area contributed by atoms with Crippen molar-refractivity contribution >= 4 is 24.8 Å². The van der Waals surface area contributed by atoms with Gasteiger partial charge < -0.3 is 10.2 Å². The molecule has 82 valence electrons. The zero-order valence-corrected chi connectivity index (χ0v) is 10.4. The molecule has 1 N–H and O–H groups in total. The average Bonchev–Trinajstić information content (AvgIpc) is 1.85. The molecular formula is C9H22Cl2N2. The van der Waals surface area contributed by atoms with E-state index in [1.807, 2.05) is 0 Å². The molecule has 0 aromatic rings. The summed E-state index contributed by atoms with van der Waals surface area (Å²) in [6.45, 7) is 5.98. The standard InChI is InChI=1S/C9H20N2.2ClH/c1-9(8-11(2)3)5-4-6-10-7-9;;/h10H,4-8H2,1-3H3;2*1H. The van der Waals surface area contributed by atoms with Gasteiger partial charge in [0.15, 0.2) is 0 Å². The van der Waals surface area contributed by atoms with Gasteiger partial charge in [-0.3, -0.25) is 0 Å². The largest absolute Gasteiger partial charge is 0.316 e. The highest BCUT2D eigenvalue weighted by molar-refractivity contribution is 5.85. The van der Waals surface area contributed by atoms with Crippen molar-refractivity contribution < 1.29 is 0 Å². The molecule has 1 rings (SSSR count). The zero-order valence-electron chi connectivity index (χ0n) is 8.80. The SMILES string of the molecule is CN(C)CC1(C)CCCNC1.Cl.Cl. The minimum Gasteiger partial charge on any atom is -0.316 e. The fraction of sp³-hybridized carbons (Fsp3) is 1.00. The molecule has 1 aliphatic rings. The Labute approximate surface area is 94.3 Å². The molecule has 1 saturated heterocycles. The van der Waals surface area contributed by atoms with Crippen molar-refractivity contribution in [2.45, 2.75) is 19.8 Å². The molecule has 1 unspecified atom stereocenters. The molecule has 0 aliphatic carbocycles. The summed E-state index contributed by atoms with van der Waals surface area (Å²) in [5, 5.41) is 3.45. The third-order valence-electron chi connectivity index (χ3n) is 2.38. The van der Waals surface area contributed by atoms with Crippen LogP contribution in [0.15, 0.2) is 0 Å². The fourth-order valence-electron chi connectivity index (χ4n) is 2.02. The van der Waals surface area contributed by atoms with Crippen molar-refractivity contribution in [1.82, 2.24) is 10.2 Å². The molecule has 1 heterocycles. The molecule has 4 heteroatoms. The van der Waals surface area contributed by atoms with Gasteiger partial charge in [0.2, 0.25) is 0 Å². The van der Waals surface area contributed by atoms with Crippen molar-refractivity contribution in [3.8, 4) is 0 Å². The van der Waals surface area contributed by atoms with Crippen LogP contribution in [0.25, 0.3) is 0 Å². The Morgan fingerprint density at radius 2 is 1.92 bits per heavy atom. The quantitative estimate of drug-likeness (QED) is 0.776. The van der Waals surface area contributed by atoms with Crippen LogP contribution in [0.5, 0.6) is 0 Å². The second-order valence-corrected chi connectivity index (χ2v) is 4.33. The molecule has 1 aliphatic heterocycles. The van der Waals surface area contributed by atoms with E-state index in [4.69, 9.17) is 0 Å². The van der Waals surface area contributed by atoms with Crippen molar-refractivity contribution in [3.05, 3.63) is 0 Å². The van der Waals surface area contributed by atoms with Gasteiger partial charge in [-0.05, 0) is 38.9 Å². The highest BCUT2D eigenvalue weighted by Gasteiger charge is 2.26. The predicted molar refractivity (Wildman–Crippen MR) is 63.3 cm³/mol. The summed E-state index contributed by atoms with van der Waals surface area (Å²) in [4.78, 5) is 2.28. The number of nitrogens with one attached hydrogen (secondary N) is 1. The maximum atomic E-state index is 3.45. The molecule has 0 radical (unpaired) electrons. The summed E-state index contributed by atoms with van der Waals surface area (Å²) < 4.78 is 0. The topological polar surface area (TPSA) is 15.3 Å². The Bertz CT molecular complexity index is 123. The van der Waals surface area contributed by atoms with E-state index in [0.29, 0.717) is 5.41 Å². The van der Waals surface area contributed by atoms with Crippen LogP contribution < -0.4 is 5.32 Å². The third-order valence-corrected chi connectivity index (χ3v) is 2.38. The zero-order chi connectivity index (χ0) is 8.32. The first-order valence-electron chi connectivity index (χ1n) is 4.48. The lowest BCUT2D eigenvalue weighted by Gasteiger charge is -2.36. The number of piperidine rings is 1. The van der Waals surface area contributed by atoms with Gasteiger partial charge in [0.05, 0.1) is 0 Å².